The number of halogens is 2. The van der Waals surface area contributed by atoms with Gasteiger partial charge in [0.1, 0.15) is 0 Å². The topological polar surface area (TPSA) is 60.0 Å². The molecule has 2 heterocycles. The first kappa shape index (κ1) is 19.4. The summed E-state index contributed by atoms with van der Waals surface area (Å²) < 4.78 is 5.65. The molecule has 0 bridgehead atoms. The van der Waals surface area contributed by atoms with Gasteiger partial charge in [-0.05, 0) is 56.3 Å². The monoisotopic (exact) mass is 503 g/mol. The molecule has 0 aliphatic carbocycles. The van der Waals surface area contributed by atoms with E-state index in [9.17, 15) is 9.90 Å². The minimum Gasteiger partial charge on any atom is -0.389 e. The van der Waals surface area contributed by atoms with Crippen LogP contribution in [0.3, 0.4) is 0 Å². The lowest BCUT2D eigenvalue weighted by Crippen LogP contribution is -2.32. The molecule has 0 saturated heterocycles. The Morgan fingerprint density at radius 3 is 2.00 bits per heavy atom. The van der Waals surface area contributed by atoms with Crippen molar-refractivity contribution in [1.29, 1.82) is 0 Å². The van der Waals surface area contributed by atoms with Gasteiger partial charge in [0.25, 0.3) is 0 Å². The molecule has 1 N–H and O–H groups in total. The summed E-state index contributed by atoms with van der Waals surface area (Å²) in [5, 5.41) is 13.0. The van der Waals surface area contributed by atoms with Crippen molar-refractivity contribution in [3.8, 4) is 0 Å². The largest absolute Gasteiger partial charge is 0.389 e. The lowest BCUT2D eigenvalue weighted by Gasteiger charge is -2.17. The van der Waals surface area contributed by atoms with Crippen LogP contribution in [-0.2, 0) is 13.1 Å². The fourth-order valence-electron chi connectivity index (χ4n) is 3.72. The first-order chi connectivity index (χ1) is 13.3. The van der Waals surface area contributed by atoms with Crippen molar-refractivity contribution in [2.75, 3.05) is 0 Å². The Hall–Kier alpha value is -1.96. The maximum Gasteiger partial charge on any atom is 0.348 e. The van der Waals surface area contributed by atoms with Gasteiger partial charge < -0.3 is 9.67 Å². The van der Waals surface area contributed by atoms with Crippen molar-refractivity contribution in [2.45, 2.75) is 33.0 Å². The van der Waals surface area contributed by atoms with E-state index in [-0.39, 0.29) is 12.2 Å². The van der Waals surface area contributed by atoms with Crippen LogP contribution in [0.1, 0.15) is 11.4 Å². The third kappa shape index (κ3) is 3.54. The Balaban J connectivity index is 1.76. The number of rotatable bonds is 4. The van der Waals surface area contributed by atoms with E-state index in [0.29, 0.717) is 12.2 Å². The van der Waals surface area contributed by atoms with Crippen molar-refractivity contribution >= 4 is 53.7 Å². The van der Waals surface area contributed by atoms with Gasteiger partial charge >= 0.3 is 5.69 Å². The van der Waals surface area contributed by atoms with E-state index >= 15 is 0 Å². The van der Waals surface area contributed by atoms with Gasteiger partial charge in [-0.2, -0.15) is 4.98 Å². The molecule has 0 spiro atoms. The molecule has 5 nitrogen and oxygen atoms in total. The molecule has 0 radical (unpaired) electrons. The van der Waals surface area contributed by atoms with E-state index in [1.165, 1.54) is 4.57 Å². The molecule has 4 aromatic rings. The number of nitrogens with zero attached hydrogens (tertiary/aromatic N) is 3. The molecule has 0 aliphatic heterocycles. The zero-order valence-electron chi connectivity index (χ0n) is 15.5. The summed E-state index contributed by atoms with van der Waals surface area (Å²) in [4.78, 5) is 16.2. The van der Waals surface area contributed by atoms with Crippen LogP contribution in [0.4, 0.5) is 0 Å². The van der Waals surface area contributed by atoms with Gasteiger partial charge in [-0.15, -0.1) is 0 Å². The highest BCUT2D eigenvalue weighted by molar-refractivity contribution is 9.10. The van der Waals surface area contributed by atoms with Gasteiger partial charge in [-0.25, -0.2) is 4.79 Å². The summed E-state index contributed by atoms with van der Waals surface area (Å²) in [6.07, 6.45) is -0.730. The first-order valence-electron chi connectivity index (χ1n) is 8.93. The summed E-state index contributed by atoms with van der Waals surface area (Å²) in [6.45, 7) is 4.23. The third-order valence-electron chi connectivity index (χ3n) is 4.92. The lowest BCUT2D eigenvalue weighted by atomic mass is 10.2. The predicted octanol–water partition coefficient (Wildman–Crippen LogP) is 4.55. The number of benzene rings is 2. The number of fused-ring (bicyclic) bond motifs is 3. The lowest BCUT2D eigenvalue weighted by molar-refractivity contribution is 0.134. The molecule has 144 valence electrons. The Labute approximate surface area is 178 Å². The highest BCUT2D eigenvalue weighted by Crippen LogP contribution is 2.33. The minimum atomic E-state index is -0.730. The van der Waals surface area contributed by atoms with Gasteiger partial charge in [0.15, 0.2) is 0 Å². The molecule has 0 fully saturated rings. The quantitative estimate of drug-likeness (QED) is 0.443. The highest BCUT2D eigenvalue weighted by Gasteiger charge is 2.16. The second-order valence-electron chi connectivity index (χ2n) is 7.02. The molecule has 0 aliphatic rings. The zero-order chi connectivity index (χ0) is 20.0. The second-order valence-corrected chi connectivity index (χ2v) is 8.85. The van der Waals surface area contributed by atoms with E-state index in [1.807, 2.05) is 37.3 Å². The number of aromatic nitrogens is 3. The summed E-state index contributed by atoms with van der Waals surface area (Å²) in [5.74, 6) is 0. The molecule has 28 heavy (non-hydrogen) atoms. The van der Waals surface area contributed by atoms with Crippen LogP contribution in [0.5, 0.6) is 0 Å². The molecule has 4 rings (SSSR count). The fraction of sp³-hybridized carbons (Fsp3) is 0.238. The number of hydrogen-bond acceptors (Lipinski definition) is 3. The van der Waals surface area contributed by atoms with Crippen molar-refractivity contribution in [3.63, 3.8) is 0 Å². The van der Waals surface area contributed by atoms with E-state index in [0.717, 1.165) is 36.4 Å². The SMILES string of the molecule is Cc1cc(C)n(C[C@@H](O)Cn2c3ccc(Br)cc3c3cc(Br)ccc32)c(=O)n1. The summed E-state index contributed by atoms with van der Waals surface area (Å²) in [6, 6.07) is 14.1. The third-order valence-corrected chi connectivity index (χ3v) is 5.91. The summed E-state index contributed by atoms with van der Waals surface area (Å²) >= 11 is 7.09. The Bertz CT molecular complexity index is 1200. The Morgan fingerprint density at radius 1 is 0.929 bits per heavy atom. The van der Waals surface area contributed by atoms with Gasteiger partial charge in [0.05, 0.1) is 19.2 Å². The standard InChI is InChI=1S/C21H19Br2N3O2/c1-12-7-13(2)25(21(28)24-12)10-16(27)11-26-19-5-3-14(22)8-17(19)18-9-15(23)4-6-20(18)26/h3-9,16,27H,10-11H2,1-2H3/t16-/m1/s1. The molecule has 2 aromatic carbocycles. The Kier molecular flexibility index (Phi) is 5.16. The molecule has 2 aromatic heterocycles. The zero-order valence-corrected chi connectivity index (χ0v) is 18.7. The number of hydrogen-bond donors (Lipinski definition) is 1. The number of aliphatic hydroxyl groups is 1. The normalized spacial score (nSPS) is 12.8. The van der Waals surface area contributed by atoms with Gasteiger partial charge in [0.2, 0.25) is 0 Å². The second kappa shape index (κ2) is 7.46. The number of aryl methyl sites for hydroxylation is 2. The molecule has 1 atom stereocenters. The maximum absolute atomic E-state index is 12.2. The van der Waals surface area contributed by atoms with Crippen molar-refractivity contribution in [2.24, 2.45) is 0 Å². The van der Waals surface area contributed by atoms with E-state index in [2.05, 4.69) is 53.5 Å². The van der Waals surface area contributed by atoms with Crippen LogP contribution < -0.4 is 5.69 Å². The summed E-state index contributed by atoms with van der Waals surface area (Å²) in [7, 11) is 0. The Morgan fingerprint density at radius 2 is 1.46 bits per heavy atom. The average Bonchev–Trinajstić information content (AvgIpc) is 2.90. The van der Waals surface area contributed by atoms with E-state index < -0.39 is 6.10 Å². The van der Waals surface area contributed by atoms with Crippen LogP contribution in [0, 0.1) is 13.8 Å². The van der Waals surface area contributed by atoms with Crippen LogP contribution in [0.2, 0.25) is 0 Å². The van der Waals surface area contributed by atoms with E-state index in [4.69, 9.17) is 0 Å². The maximum atomic E-state index is 12.2. The molecule has 0 saturated carbocycles. The minimum absolute atomic E-state index is 0.201. The predicted molar refractivity (Wildman–Crippen MR) is 119 cm³/mol. The number of aliphatic hydroxyl groups excluding tert-OH is 1. The highest BCUT2D eigenvalue weighted by atomic mass is 79.9. The average molecular weight is 505 g/mol. The summed E-state index contributed by atoms with van der Waals surface area (Å²) in [5.41, 5.74) is 3.24. The van der Waals surface area contributed by atoms with Crippen LogP contribution in [-0.4, -0.2) is 25.3 Å². The van der Waals surface area contributed by atoms with Crippen LogP contribution in [0.25, 0.3) is 21.8 Å². The van der Waals surface area contributed by atoms with Gasteiger partial charge in [0, 0.05) is 42.1 Å². The van der Waals surface area contributed by atoms with E-state index in [1.54, 1.807) is 6.92 Å². The van der Waals surface area contributed by atoms with Crippen molar-refractivity contribution < 1.29 is 5.11 Å². The van der Waals surface area contributed by atoms with Gasteiger partial charge in [-0.3, -0.25) is 4.57 Å². The first-order valence-corrected chi connectivity index (χ1v) is 10.5. The molecule has 0 unspecified atom stereocenters. The molecular formula is C21H19Br2N3O2. The van der Waals surface area contributed by atoms with Crippen LogP contribution in [0.15, 0.2) is 56.2 Å². The van der Waals surface area contributed by atoms with Crippen molar-refractivity contribution in [1.82, 2.24) is 14.1 Å². The molecule has 7 heteroatoms. The smallest absolute Gasteiger partial charge is 0.348 e. The fourth-order valence-corrected chi connectivity index (χ4v) is 4.44. The van der Waals surface area contributed by atoms with Crippen LogP contribution >= 0.6 is 31.9 Å². The molecular weight excluding hydrogens is 486 g/mol. The van der Waals surface area contributed by atoms with Crippen molar-refractivity contribution in [3.05, 3.63) is 73.3 Å². The van der Waals surface area contributed by atoms with Gasteiger partial charge in [-0.1, -0.05) is 31.9 Å². The molecule has 0 amide bonds.